The molecular weight excluding hydrogens is 293 g/mol. The fraction of sp³-hybridized carbons (Fsp3) is 0.250. The molecular formula is C16H15Cl2NO. The van der Waals surface area contributed by atoms with E-state index in [-0.39, 0.29) is 12.1 Å². The number of nitrogens with two attached hydrogens (primary N) is 1. The van der Waals surface area contributed by atoms with Crippen molar-refractivity contribution in [3.8, 4) is 5.75 Å². The first-order valence-corrected chi connectivity index (χ1v) is 7.28. The Morgan fingerprint density at radius 2 is 1.75 bits per heavy atom. The normalized spacial score (nSPS) is 21.2. The largest absolute Gasteiger partial charge is 0.485 e. The highest BCUT2D eigenvalue weighted by molar-refractivity contribution is 6.31. The number of fused-ring (bicyclic) bond motifs is 1. The summed E-state index contributed by atoms with van der Waals surface area (Å²) in [6.45, 7) is 2.04. The minimum atomic E-state index is -0.0717. The van der Waals surface area contributed by atoms with Crippen molar-refractivity contribution >= 4 is 23.2 Å². The first-order valence-electron chi connectivity index (χ1n) is 6.52. The molecule has 2 aromatic rings. The number of hydrogen-bond acceptors (Lipinski definition) is 2. The van der Waals surface area contributed by atoms with Gasteiger partial charge in [-0.1, -0.05) is 29.3 Å². The molecule has 2 nitrogen and oxygen atoms in total. The van der Waals surface area contributed by atoms with Gasteiger partial charge in [-0.2, -0.15) is 0 Å². The Morgan fingerprint density at radius 3 is 2.50 bits per heavy atom. The molecule has 0 bridgehead atoms. The quantitative estimate of drug-likeness (QED) is 0.819. The zero-order valence-electron chi connectivity index (χ0n) is 11.1. The van der Waals surface area contributed by atoms with Crippen LogP contribution in [0.3, 0.4) is 0 Å². The smallest absolute Gasteiger partial charge is 0.126 e. The third kappa shape index (κ3) is 2.51. The number of aryl methyl sites for hydroxylation is 1. The lowest BCUT2D eigenvalue weighted by atomic mass is 9.92. The number of rotatable bonds is 1. The van der Waals surface area contributed by atoms with Crippen LogP contribution >= 0.6 is 23.2 Å². The van der Waals surface area contributed by atoms with Crippen LogP contribution in [0.25, 0.3) is 0 Å². The van der Waals surface area contributed by atoms with Crippen LogP contribution in [0.4, 0.5) is 0 Å². The van der Waals surface area contributed by atoms with Crippen LogP contribution in [0.1, 0.15) is 35.3 Å². The van der Waals surface area contributed by atoms with Gasteiger partial charge in [0.05, 0.1) is 0 Å². The van der Waals surface area contributed by atoms with Crippen molar-refractivity contribution in [1.29, 1.82) is 0 Å². The molecule has 104 valence electrons. The van der Waals surface area contributed by atoms with Crippen molar-refractivity contribution in [2.45, 2.75) is 25.5 Å². The summed E-state index contributed by atoms with van der Waals surface area (Å²) in [6.07, 6.45) is 0.687. The summed E-state index contributed by atoms with van der Waals surface area (Å²) in [7, 11) is 0. The third-order valence-electron chi connectivity index (χ3n) is 3.69. The molecule has 1 aliphatic heterocycles. The summed E-state index contributed by atoms with van der Waals surface area (Å²) in [5.41, 5.74) is 9.48. The number of halogens is 2. The molecule has 4 heteroatoms. The molecule has 1 unspecified atom stereocenters. The minimum absolute atomic E-state index is 0.0454. The van der Waals surface area contributed by atoms with Crippen LogP contribution < -0.4 is 10.5 Å². The van der Waals surface area contributed by atoms with E-state index in [4.69, 9.17) is 33.7 Å². The summed E-state index contributed by atoms with van der Waals surface area (Å²) in [4.78, 5) is 0. The maximum atomic E-state index is 6.26. The standard InChI is InChI=1S/C16H15Cl2NO/c1-9-6-10(17)2-4-12(9)16-8-14(19)13-7-11(18)3-5-15(13)20-16/h2-7,14,16H,8,19H2,1H3/t14-,16?/m1/s1. The first kappa shape index (κ1) is 13.7. The van der Waals surface area contributed by atoms with Gasteiger partial charge in [0.15, 0.2) is 0 Å². The van der Waals surface area contributed by atoms with Crippen LogP contribution in [0.5, 0.6) is 5.75 Å². The van der Waals surface area contributed by atoms with Crippen LogP contribution in [-0.4, -0.2) is 0 Å². The number of benzene rings is 2. The Kier molecular flexibility index (Phi) is 3.63. The van der Waals surface area contributed by atoms with E-state index >= 15 is 0 Å². The van der Waals surface area contributed by atoms with Gasteiger partial charge < -0.3 is 10.5 Å². The molecule has 0 saturated heterocycles. The van der Waals surface area contributed by atoms with E-state index in [0.717, 1.165) is 33.9 Å². The highest BCUT2D eigenvalue weighted by Gasteiger charge is 2.28. The monoisotopic (exact) mass is 307 g/mol. The van der Waals surface area contributed by atoms with Gasteiger partial charge in [0.1, 0.15) is 11.9 Å². The molecule has 2 aromatic carbocycles. The fourth-order valence-electron chi connectivity index (χ4n) is 2.67. The van der Waals surface area contributed by atoms with Crippen LogP contribution in [0.2, 0.25) is 10.0 Å². The molecule has 2 atom stereocenters. The van der Waals surface area contributed by atoms with E-state index < -0.39 is 0 Å². The van der Waals surface area contributed by atoms with Gasteiger partial charge in [-0.3, -0.25) is 0 Å². The molecule has 20 heavy (non-hydrogen) atoms. The van der Waals surface area contributed by atoms with E-state index in [9.17, 15) is 0 Å². The van der Waals surface area contributed by atoms with Crippen LogP contribution in [0.15, 0.2) is 36.4 Å². The van der Waals surface area contributed by atoms with E-state index in [1.165, 1.54) is 0 Å². The summed E-state index contributed by atoms with van der Waals surface area (Å²) in [5.74, 6) is 0.813. The van der Waals surface area contributed by atoms with Crippen molar-refractivity contribution in [1.82, 2.24) is 0 Å². The second-order valence-electron chi connectivity index (χ2n) is 5.13. The lowest BCUT2D eigenvalue weighted by Gasteiger charge is -2.31. The van der Waals surface area contributed by atoms with Crippen molar-refractivity contribution in [3.63, 3.8) is 0 Å². The van der Waals surface area contributed by atoms with Crippen LogP contribution in [-0.2, 0) is 0 Å². The Morgan fingerprint density at radius 1 is 1.05 bits per heavy atom. The SMILES string of the molecule is Cc1cc(Cl)ccc1C1C[C@@H](N)c2cc(Cl)ccc2O1. The zero-order valence-corrected chi connectivity index (χ0v) is 12.6. The van der Waals surface area contributed by atoms with Gasteiger partial charge in [0.25, 0.3) is 0 Å². The van der Waals surface area contributed by atoms with Gasteiger partial charge in [-0.25, -0.2) is 0 Å². The van der Waals surface area contributed by atoms with Gasteiger partial charge in [-0.05, 0) is 48.4 Å². The lowest BCUT2D eigenvalue weighted by Crippen LogP contribution is -2.24. The van der Waals surface area contributed by atoms with Gasteiger partial charge >= 0.3 is 0 Å². The molecule has 0 fully saturated rings. The van der Waals surface area contributed by atoms with Gasteiger partial charge in [0.2, 0.25) is 0 Å². The van der Waals surface area contributed by atoms with Crippen molar-refractivity contribution in [3.05, 3.63) is 63.1 Å². The van der Waals surface area contributed by atoms with Gasteiger partial charge in [-0.15, -0.1) is 0 Å². The van der Waals surface area contributed by atoms with Crippen molar-refractivity contribution in [2.24, 2.45) is 5.73 Å². The predicted octanol–water partition coefficient (Wildman–Crippen LogP) is 4.83. The maximum Gasteiger partial charge on any atom is 0.126 e. The summed E-state index contributed by atoms with van der Waals surface area (Å²) >= 11 is 12.0. The minimum Gasteiger partial charge on any atom is -0.485 e. The second kappa shape index (κ2) is 5.28. The fourth-order valence-corrected chi connectivity index (χ4v) is 3.07. The Bertz CT molecular complexity index is 657. The highest BCUT2D eigenvalue weighted by Crippen LogP contribution is 2.41. The van der Waals surface area contributed by atoms with E-state index in [2.05, 4.69) is 0 Å². The molecule has 1 heterocycles. The molecule has 0 radical (unpaired) electrons. The molecule has 0 spiro atoms. The lowest BCUT2D eigenvalue weighted by molar-refractivity contribution is 0.161. The molecule has 0 aliphatic carbocycles. The van der Waals surface area contributed by atoms with E-state index in [1.54, 1.807) is 0 Å². The van der Waals surface area contributed by atoms with Crippen LogP contribution in [0, 0.1) is 6.92 Å². The number of ether oxygens (including phenoxy) is 1. The maximum absolute atomic E-state index is 6.26. The molecule has 1 aliphatic rings. The first-order chi connectivity index (χ1) is 9.54. The summed E-state index contributed by atoms with van der Waals surface area (Å²) < 4.78 is 6.08. The topological polar surface area (TPSA) is 35.2 Å². The molecule has 0 aromatic heterocycles. The Hall–Kier alpha value is -1.22. The van der Waals surface area contributed by atoms with Crippen molar-refractivity contribution in [2.75, 3.05) is 0 Å². The molecule has 3 rings (SSSR count). The summed E-state index contributed by atoms with van der Waals surface area (Å²) in [5, 5.41) is 1.42. The highest BCUT2D eigenvalue weighted by atomic mass is 35.5. The number of hydrogen-bond donors (Lipinski definition) is 1. The van der Waals surface area contributed by atoms with E-state index in [1.807, 2.05) is 43.3 Å². The third-order valence-corrected chi connectivity index (χ3v) is 4.16. The molecule has 0 saturated carbocycles. The molecule has 2 N–H and O–H groups in total. The Labute approximate surface area is 128 Å². The van der Waals surface area contributed by atoms with Gasteiger partial charge in [0, 0.05) is 28.1 Å². The average Bonchev–Trinajstić information content (AvgIpc) is 2.39. The van der Waals surface area contributed by atoms with Crippen molar-refractivity contribution < 1.29 is 4.74 Å². The second-order valence-corrected chi connectivity index (χ2v) is 6.00. The average molecular weight is 308 g/mol. The van der Waals surface area contributed by atoms with E-state index in [0.29, 0.717) is 5.02 Å². The Balaban J connectivity index is 1.97. The summed E-state index contributed by atoms with van der Waals surface area (Å²) in [6, 6.07) is 11.4. The zero-order chi connectivity index (χ0) is 14.3. The predicted molar refractivity (Wildman–Crippen MR) is 82.6 cm³/mol. The molecule has 0 amide bonds.